The number of carbonyl (C=O) groups excluding carboxylic acids is 2. The van der Waals surface area contributed by atoms with Crippen LogP contribution in [0.2, 0.25) is 0 Å². The first-order valence-electron chi connectivity index (χ1n) is 8.83. The van der Waals surface area contributed by atoms with Gasteiger partial charge in [0, 0.05) is 17.3 Å². The number of ether oxygens (including phenoxy) is 2. The smallest absolute Gasteiger partial charge is 0.340 e. The fraction of sp³-hybridized carbons (Fsp3) is 0.632. The average Bonchev–Trinajstić information content (AvgIpc) is 2.99. The number of nitrogens with one attached hydrogen (secondary N) is 1. The van der Waals surface area contributed by atoms with Gasteiger partial charge < -0.3 is 14.8 Å². The summed E-state index contributed by atoms with van der Waals surface area (Å²) in [6.07, 6.45) is 0.783. The van der Waals surface area contributed by atoms with Crippen LogP contribution in [0, 0.1) is 12.3 Å². The highest BCUT2D eigenvalue weighted by molar-refractivity contribution is 6.02. The fourth-order valence-electron chi connectivity index (χ4n) is 3.93. The first-order chi connectivity index (χ1) is 12.3. The lowest BCUT2D eigenvalue weighted by molar-refractivity contribution is -0.146. The van der Waals surface area contributed by atoms with Crippen LogP contribution in [-0.4, -0.2) is 41.1 Å². The van der Waals surface area contributed by atoms with E-state index >= 15 is 0 Å². The van der Waals surface area contributed by atoms with Gasteiger partial charge in [-0.05, 0) is 32.6 Å². The summed E-state index contributed by atoms with van der Waals surface area (Å²) < 4.78 is 12.6. The Hall–Kier alpha value is -2.51. The van der Waals surface area contributed by atoms with Gasteiger partial charge in [-0.2, -0.15) is 0 Å². The zero-order valence-electron chi connectivity index (χ0n) is 17.3. The molecule has 8 heteroatoms. The molecule has 27 heavy (non-hydrogen) atoms. The Morgan fingerprint density at radius 2 is 1.74 bits per heavy atom. The van der Waals surface area contributed by atoms with E-state index in [-0.39, 0.29) is 11.0 Å². The van der Waals surface area contributed by atoms with E-state index in [9.17, 15) is 14.4 Å². The standard InChI is InChI=1S/C19H29N3O5/c1-11-9-12(23)22-14(17(25)27-8)13(16(24)26-7)15(21(11)22)20-19(5,6)10-18(2,3)4/h9,14,20H,10H2,1-8H3. The van der Waals surface area contributed by atoms with E-state index in [0.717, 1.165) is 6.42 Å². The number of hydrogen-bond acceptors (Lipinski definition) is 6. The van der Waals surface area contributed by atoms with Gasteiger partial charge >= 0.3 is 11.9 Å². The number of rotatable bonds is 5. The minimum Gasteiger partial charge on any atom is -0.467 e. The molecule has 1 aromatic rings. The minimum absolute atomic E-state index is 0.0221. The Bertz CT molecular complexity index is 852. The predicted octanol–water partition coefficient (Wildman–Crippen LogP) is 1.83. The summed E-state index contributed by atoms with van der Waals surface area (Å²) in [6.45, 7) is 12.1. The normalized spacial score (nSPS) is 17.0. The summed E-state index contributed by atoms with van der Waals surface area (Å²) in [5.74, 6) is -1.03. The highest BCUT2D eigenvalue weighted by atomic mass is 16.5. The van der Waals surface area contributed by atoms with Gasteiger partial charge in [-0.3, -0.25) is 4.79 Å². The van der Waals surface area contributed by atoms with Crippen molar-refractivity contribution < 1.29 is 19.1 Å². The van der Waals surface area contributed by atoms with E-state index in [1.165, 1.54) is 25.0 Å². The van der Waals surface area contributed by atoms with Crippen molar-refractivity contribution in [2.45, 2.75) is 59.5 Å². The molecule has 1 aliphatic rings. The molecule has 0 radical (unpaired) electrons. The molecule has 1 atom stereocenters. The highest BCUT2D eigenvalue weighted by Crippen LogP contribution is 2.35. The Morgan fingerprint density at radius 3 is 2.22 bits per heavy atom. The summed E-state index contributed by atoms with van der Waals surface area (Å²) in [7, 11) is 2.46. The number of esters is 2. The molecule has 1 N–H and O–H groups in total. The maximum absolute atomic E-state index is 12.6. The number of hydrogen-bond donors (Lipinski definition) is 1. The largest absolute Gasteiger partial charge is 0.467 e. The van der Waals surface area contributed by atoms with Crippen LogP contribution in [0.3, 0.4) is 0 Å². The number of nitrogens with zero attached hydrogens (tertiary/aromatic N) is 2. The number of aromatic nitrogens is 2. The summed E-state index contributed by atoms with van der Waals surface area (Å²) >= 11 is 0. The van der Waals surface area contributed by atoms with Gasteiger partial charge in [0.1, 0.15) is 11.4 Å². The average molecular weight is 379 g/mol. The second kappa shape index (κ2) is 6.90. The predicted molar refractivity (Wildman–Crippen MR) is 101 cm³/mol. The van der Waals surface area contributed by atoms with E-state index in [1.54, 1.807) is 11.6 Å². The van der Waals surface area contributed by atoms with Crippen molar-refractivity contribution in [1.82, 2.24) is 14.7 Å². The second-order valence-electron chi connectivity index (χ2n) is 8.71. The maximum atomic E-state index is 12.6. The van der Waals surface area contributed by atoms with Crippen molar-refractivity contribution in [3.63, 3.8) is 0 Å². The molecule has 8 nitrogen and oxygen atoms in total. The third-order valence-electron chi connectivity index (χ3n) is 4.35. The molecule has 0 bridgehead atoms. The molecule has 0 aliphatic carbocycles. The van der Waals surface area contributed by atoms with Crippen LogP contribution in [0.4, 0.5) is 0 Å². The van der Waals surface area contributed by atoms with Crippen molar-refractivity contribution in [3.05, 3.63) is 27.7 Å². The van der Waals surface area contributed by atoms with E-state index in [2.05, 4.69) is 26.1 Å². The molecule has 150 valence electrons. The Morgan fingerprint density at radius 1 is 1.15 bits per heavy atom. The quantitative estimate of drug-likeness (QED) is 0.785. The number of methoxy groups -OCH3 is 2. The van der Waals surface area contributed by atoms with Gasteiger partial charge in [0.25, 0.3) is 5.56 Å². The van der Waals surface area contributed by atoms with Crippen LogP contribution in [0.5, 0.6) is 0 Å². The topological polar surface area (TPSA) is 91.6 Å². The maximum Gasteiger partial charge on any atom is 0.340 e. The van der Waals surface area contributed by atoms with Crippen LogP contribution in [0.1, 0.15) is 52.8 Å². The fourth-order valence-corrected chi connectivity index (χ4v) is 3.93. The van der Waals surface area contributed by atoms with Crippen LogP contribution < -0.4 is 10.9 Å². The lowest BCUT2D eigenvalue weighted by atomic mass is 9.81. The molecular formula is C19H29N3O5. The lowest BCUT2D eigenvalue weighted by Crippen LogP contribution is -2.43. The molecule has 1 aliphatic heterocycles. The third kappa shape index (κ3) is 3.94. The summed E-state index contributed by atoms with van der Waals surface area (Å²) in [5, 5.41) is 3.37. The molecule has 0 saturated heterocycles. The molecule has 0 spiro atoms. The Labute approximate surface area is 159 Å². The van der Waals surface area contributed by atoms with Crippen LogP contribution >= 0.6 is 0 Å². The van der Waals surface area contributed by atoms with E-state index < -0.39 is 29.1 Å². The highest BCUT2D eigenvalue weighted by Gasteiger charge is 2.44. The van der Waals surface area contributed by atoms with E-state index in [1.807, 2.05) is 13.8 Å². The van der Waals surface area contributed by atoms with E-state index in [0.29, 0.717) is 11.5 Å². The van der Waals surface area contributed by atoms with Gasteiger partial charge in [0.2, 0.25) is 0 Å². The Balaban J connectivity index is 2.70. The summed E-state index contributed by atoms with van der Waals surface area (Å²) in [5.41, 5.74) is -0.132. The van der Waals surface area contributed by atoms with Crippen LogP contribution in [0.15, 0.2) is 16.4 Å². The molecule has 1 unspecified atom stereocenters. The van der Waals surface area contributed by atoms with Gasteiger partial charge in [0.05, 0.1) is 14.2 Å². The minimum atomic E-state index is -1.20. The van der Waals surface area contributed by atoms with Gasteiger partial charge in [-0.15, -0.1) is 0 Å². The lowest BCUT2D eigenvalue weighted by Gasteiger charge is -2.35. The van der Waals surface area contributed by atoms with Gasteiger partial charge in [0.15, 0.2) is 6.04 Å². The SMILES string of the molecule is COC(=O)C1=C(NC(C)(C)CC(C)(C)C)n2c(C)cc(=O)n2C1C(=O)OC. The van der Waals surface area contributed by atoms with Crippen molar-refractivity contribution in [3.8, 4) is 0 Å². The monoisotopic (exact) mass is 379 g/mol. The first-order valence-corrected chi connectivity index (χ1v) is 8.83. The van der Waals surface area contributed by atoms with Crippen molar-refractivity contribution in [2.75, 3.05) is 14.2 Å². The Kier molecular flexibility index (Phi) is 5.32. The van der Waals surface area contributed by atoms with Crippen molar-refractivity contribution in [1.29, 1.82) is 0 Å². The molecule has 1 aromatic heterocycles. The zero-order chi connectivity index (χ0) is 20.7. The molecule has 0 saturated carbocycles. The number of carbonyl (C=O) groups is 2. The van der Waals surface area contributed by atoms with Crippen LogP contribution in [-0.2, 0) is 19.1 Å². The van der Waals surface area contributed by atoms with Crippen molar-refractivity contribution >= 4 is 17.8 Å². The zero-order valence-corrected chi connectivity index (χ0v) is 17.3. The third-order valence-corrected chi connectivity index (χ3v) is 4.35. The van der Waals surface area contributed by atoms with Crippen molar-refractivity contribution in [2.24, 2.45) is 5.41 Å². The molecular weight excluding hydrogens is 350 g/mol. The van der Waals surface area contributed by atoms with Gasteiger partial charge in [-0.1, -0.05) is 20.8 Å². The molecule has 2 heterocycles. The molecule has 2 rings (SSSR count). The summed E-state index contributed by atoms with van der Waals surface area (Å²) in [4.78, 5) is 37.5. The first kappa shape index (κ1) is 20.8. The molecule has 0 fully saturated rings. The van der Waals surface area contributed by atoms with Crippen LogP contribution in [0.25, 0.3) is 5.82 Å². The molecule has 0 amide bonds. The summed E-state index contributed by atoms with van der Waals surface area (Å²) in [6, 6.07) is 0.221. The number of aryl methyl sites for hydroxylation is 1. The van der Waals surface area contributed by atoms with E-state index in [4.69, 9.17) is 9.47 Å². The molecule has 0 aromatic carbocycles. The van der Waals surface area contributed by atoms with Gasteiger partial charge in [-0.25, -0.2) is 19.0 Å². The number of fused-ring (bicyclic) bond motifs is 1. The second-order valence-corrected chi connectivity index (χ2v) is 8.71.